The molecule has 1 aromatic heterocycles. The average Bonchev–Trinajstić information content (AvgIpc) is 2.49. The number of para-hydroxylation sites is 1. The number of nitrogens with zero attached hydrogens (tertiary/aromatic N) is 1. The van der Waals surface area contributed by atoms with E-state index >= 15 is 0 Å². The quantitative estimate of drug-likeness (QED) is 0.538. The smallest absolute Gasteiger partial charge is 0.212 e. The van der Waals surface area contributed by atoms with Crippen molar-refractivity contribution >= 4 is 22.8 Å². The summed E-state index contributed by atoms with van der Waals surface area (Å²) >= 11 is 0. The normalized spacial score (nSPS) is 10.4. The molecule has 3 aromatic rings. The Labute approximate surface area is 123 Å². The second-order valence-electron chi connectivity index (χ2n) is 4.22. The molecule has 0 bridgehead atoms. The molecule has 20 heavy (non-hydrogen) atoms. The first kappa shape index (κ1) is 14.0. The van der Waals surface area contributed by atoms with Crippen LogP contribution >= 0.6 is 0 Å². The van der Waals surface area contributed by atoms with Crippen LogP contribution in [0.1, 0.15) is 5.56 Å². The SMILES string of the molecule is C(=N\Nc1cc[nH+]c2ccccc12)/c1ccccc1.[Cl-]. The van der Waals surface area contributed by atoms with E-state index in [2.05, 4.69) is 21.6 Å². The fraction of sp³-hybridized carbons (Fsp3) is 0. The summed E-state index contributed by atoms with van der Waals surface area (Å²) in [6.07, 6.45) is 3.72. The molecule has 0 saturated heterocycles. The highest BCUT2D eigenvalue weighted by Gasteiger charge is 2.03. The molecule has 2 N–H and O–H groups in total. The Kier molecular flexibility index (Phi) is 4.69. The molecule has 100 valence electrons. The van der Waals surface area contributed by atoms with Crippen LogP contribution in [-0.2, 0) is 0 Å². The lowest BCUT2D eigenvalue weighted by Crippen LogP contribution is -3.00. The monoisotopic (exact) mass is 283 g/mol. The van der Waals surface area contributed by atoms with Crippen LogP contribution in [0.4, 0.5) is 5.69 Å². The van der Waals surface area contributed by atoms with Crippen molar-refractivity contribution in [1.82, 2.24) is 0 Å². The van der Waals surface area contributed by atoms with E-state index in [1.54, 1.807) is 0 Å². The van der Waals surface area contributed by atoms with Gasteiger partial charge in [-0.3, -0.25) is 5.43 Å². The highest BCUT2D eigenvalue weighted by molar-refractivity contribution is 5.89. The third kappa shape index (κ3) is 3.13. The summed E-state index contributed by atoms with van der Waals surface area (Å²) in [7, 11) is 0. The van der Waals surface area contributed by atoms with Gasteiger partial charge >= 0.3 is 0 Å². The summed E-state index contributed by atoms with van der Waals surface area (Å²) in [5.74, 6) is 0. The largest absolute Gasteiger partial charge is 1.00 e. The third-order valence-corrected chi connectivity index (χ3v) is 2.90. The molecule has 0 unspecified atom stereocenters. The number of aromatic amines is 1. The Morgan fingerprint density at radius 3 is 2.50 bits per heavy atom. The van der Waals surface area contributed by atoms with Crippen LogP contribution in [0.3, 0.4) is 0 Å². The molecule has 2 aromatic carbocycles. The van der Waals surface area contributed by atoms with Crippen LogP contribution in [0.25, 0.3) is 10.9 Å². The van der Waals surface area contributed by atoms with Crippen molar-refractivity contribution in [2.45, 2.75) is 0 Å². The highest BCUT2D eigenvalue weighted by Crippen LogP contribution is 2.18. The summed E-state index contributed by atoms with van der Waals surface area (Å²) < 4.78 is 0. The van der Waals surface area contributed by atoms with Gasteiger partial charge in [-0.1, -0.05) is 42.5 Å². The van der Waals surface area contributed by atoms with E-state index < -0.39 is 0 Å². The van der Waals surface area contributed by atoms with Crippen molar-refractivity contribution in [1.29, 1.82) is 0 Å². The van der Waals surface area contributed by atoms with Gasteiger partial charge in [0.2, 0.25) is 5.52 Å². The lowest BCUT2D eigenvalue weighted by molar-refractivity contribution is -0.344. The van der Waals surface area contributed by atoms with Gasteiger partial charge < -0.3 is 12.4 Å². The summed E-state index contributed by atoms with van der Waals surface area (Å²) in [6, 6.07) is 20.1. The number of benzene rings is 2. The van der Waals surface area contributed by atoms with E-state index in [4.69, 9.17) is 0 Å². The average molecular weight is 284 g/mol. The number of H-pyrrole nitrogens is 1. The number of aromatic nitrogens is 1. The summed E-state index contributed by atoms with van der Waals surface area (Å²) in [5, 5.41) is 5.39. The molecule has 0 radical (unpaired) electrons. The van der Waals surface area contributed by atoms with Crippen LogP contribution in [0, 0.1) is 0 Å². The summed E-state index contributed by atoms with van der Waals surface area (Å²) in [6.45, 7) is 0. The molecule has 0 saturated carbocycles. The highest BCUT2D eigenvalue weighted by atomic mass is 35.5. The Morgan fingerprint density at radius 1 is 0.900 bits per heavy atom. The molecule has 0 aliphatic carbocycles. The molecule has 0 aliphatic heterocycles. The van der Waals surface area contributed by atoms with Crippen molar-refractivity contribution in [3.05, 3.63) is 72.4 Å². The van der Waals surface area contributed by atoms with Gasteiger partial charge in [-0.2, -0.15) is 5.10 Å². The lowest BCUT2D eigenvalue weighted by Gasteiger charge is -2.01. The van der Waals surface area contributed by atoms with Crippen molar-refractivity contribution < 1.29 is 17.4 Å². The van der Waals surface area contributed by atoms with E-state index in [1.165, 1.54) is 0 Å². The van der Waals surface area contributed by atoms with Crippen LogP contribution in [-0.4, -0.2) is 6.21 Å². The number of anilines is 1. The van der Waals surface area contributed by atoms with Crippen molar-refractivity contribution in [2.24, 2.45) is 5.10 Å². The number of fused-ring (bicyclic) bond motifs is 1. The van der Waals surface area contributed by atoms with E-state index in [0.717, 1.165) is 22.2 Å². The fourth-order valence-corrected chi connectivity index (χ4v) is 1.96. The maximum atomic E-state index is 4.27. The molecule has 1 heterocycles. The lowest BCUT2D eigenvalue weighted by atomic mass is 10.2. The molecule has 0 spiro atoms. The molecule has 3 nitrogen and oxygen atoms in total. The minimum atomic E-state index is 0. The van der Waals surface area contributed by atoms with Gasteiger partial charge in [0.05, 0.1) is 17.3 Å². The van der Waals surface area contributed by atoms with Gasteiger partial charge in [-0.05, 0) is 11.6 Å². The molecule has 0 atom stereocenters. The molecule has 3 rings (SSSR count). The number of hydrogen-bond acceptors (Lipinski definition) is 2. The number of pyridine rings is 1. The number of hydrazone groups is 1. The maximum absolute atomic E-state index is 4.27. The summed E-state index contributed by atoms with van der Waals surface area (Å²) in [4.78, 5) is 3.21. The van der Waals surface area contributed by atoms with Crippen molar-refractivity contribution in [2.75, 3.05) is 5.43 Å². The topological polar surface area (TPSA) is 38.5 Å². The standard InChI is InChI=1S/C16H13N3.ClH/c1-2-6-13(7-3-1)12-18-19-16-10-11-17-15-9-5-4-8-14(15)16;/h1-12H,(H,17,19);1H/b18-12+;. The first-order valence-corrected chi connectivity index (χ1v) is 6.17. The summed E-state index contributed by atoms with van der Waals surface area (Å²) in [5.41, 5.74) is 6.23. The molecule has 0 fully saturated rings. The van der Waals surface area contributed by atoms with Gasteiger partial charge in [-0.25, -0.2) is 4.98 Å². The van der Waals surface area contributed by atoms with Gasteiger partial charge in [0.1, 0.15) is 0 Å². The van der Waals surface area contributed by atoms with Crippen LogP contribution < -0.4 is 22.8 Å². The number of halogens is 1. The van der Waals surface area contributed by atoms with Gasteiger partial charge in [0.25, 0.3) is 0 Å². The Balaban J connectivity index is 0.00000147. The Bertz CT molecular complexity index is 706. The van der Waals surface area contributed by atoms with Crippen LogP contribution in [0.5, 0.6) is 0 Å². The van der Waals surface area contributed by atoms with Crippen LogP contribution in [0.2, 0.25) is 0 Å². The first-order chi connectivity index (χ1) is 9.43. The zero-order chi connectivity index (χ0) is 12.9. The van der Waals surface area contributed by atoms with E-state index in [9.17, 15) is 0 Å². The Morgan fingerprint density at radius 2 is 1.65 bits per heavy atom. The minimum Gasteiger partial charge on any atom is -1.00 e. The molecular formula is C16H14ClN3. The fourth-order valence-electron chi connectivity index (χ4n) is 1.96. The number of hydrogen-bond donors (Lipinski definition) is 1. The second kappa shape index (κ2) is 6.68. The molecule has 4 heteroatoms. The van der Waals surface area contributed by atoms with Crippen LogP contribution in [0.15, 0.2) is 72.0 Å². The second-order valence-corrected chi connectivity index (χ2v) is 4.22. The van der Waals surface area contributed by atoms with Crippen molar-refractivity contribution in [3.8, 4) is 0 Å². The van der Waals surface area contributed by atoms with E-state index in [1.807, 2.05) is 67.0 Å². The third-order valence-electron chi connectivity index (χ3n) is 2.90. The van der Waals surface area contributed by atoms with Crippen molar-refractivity contribution in [3.63, 3.8) is 0 Å². The maximum Gasteiger partial charge on any atom is 0.212 e. The molecule has 0 aliphatic rings. The minimum absolute atomic E-state index is 0. The first-order valence-electron chi connectivity index (χ1n) is 6.17. The number of rotatable bonds is 3. The molecule has 0 amide bonds. The van der Waals surface area contributed by atoms with E-state index in [0.29, 0.717) is 0 Å². The Hall–Kier alpha value is -2.39. The predicted octanol–water partition coefficient (Wildman–Crippen LogP) is 0.104. The zero-order valence-electron chi connectivity index (χ0n) is 10.8. The van der Waals surface area contributed by atoms with Gasteiger partial charge in [-0.15, -0.1) is 0 Å². The predicted molar refractivity (Wildman–Crippen MR) is 78.2 cm³/mol. The van der Waals surface area contributed by atoms with Gasteiger partial charge in [0.15, 0.2) is 6.20 Å². The van der Waals surface area contributed by atoms with E-state index in [-0.39, 0.29) is 12.4 Å². The van der Waals surface area contributed by atoms with Gasteiger partial charge in [0, 0.05) is 12.1 Å². The zero-order valence-corrected chi connectivity index (χ0v) is 11.5. The molecular weight excluding hydrogens is 270 g/mol. The number of nitrogens with one attached hydrogen (secondary N) is 2.